The first-order chi connectivity index (χ1) is 12.9. The van der Waals surface area contributed by atoms with Crippen LogP contribution in [0.15, 0.2) is 42.7 Å². The highest BCUT2D eigenvalue weighted by Crippen LogP contribution is 2.27. The second-order valence-electron chi connectivity index (χ2n) is 6.55. The van der Waals surface area contributed by atoms with E-state index in [-0.39, 0.29) is 19.0 Å². The Labute approximate surface area is 157 Å². The van der Waals surface area contributed by atoms with E-state index < -0.39 is 10.0 Å². The van der Waals surface area contributed by atoms with Gasteiger partial charge in [-0.2, -0.15) is 5.10 Å². The molecule has 0 aliphatic carbocycles. The molecule has 0 saturated carbocycles. The van der Waals surface area contributed by atoms with Gasteiger partial charge in [0, 0.05) is 25.4 Å². The average molecular weight is 385 g/mol. The lowest BCUT2D eigenvalue weighted by molar-refractivity contribution is 0.0750. The van der Waals surface area contributed by atoms with E-state index in [9.17, 15) is 13.2 Å². The number of hydrogen-bond donors (Lipinski definition) is 0. The number of nitrogens with zero attached hydrogens (tertiary/aromatic N) is 5. The number of amides is 1. The molecule has 8 nitrogen and oxygen atoms in total. The molecule has 2 aromatic heterocycles. The van der Waals surface area contributed by atoms with Crippen LogP contribution in [0.3, 0.4) is 0 Å². The van der Waals surface area contributed by atoms with Crippen molar-refractivity contribution in [3.8, 4) is 0 Å². The Kier molecular flexibility index (Phi) is 4.11. The van der Waals surface area contributed by atoms with Crippen LogP contribution < -0.4 is 4.31 Å². The maximum atomic E-state index is 13.2. The molecule has 3 aromatic rings. The van der Waals surface area contributed by atoms with Crippen molar-refractivity contribution in [1.29, 1.82) is 0 Å². The predicted octanol–water partition coefficient (Wildman–Crippen LogP) is 1.46. The Balaban J connectivity index is 1.73. The lowest BCUT2D eigenvalue weighted by Gasteiger charge is -2.23. The molecule has 0 bridgehead atoms. The van der Waals surface area contributed by atoms with Gasteiger partial charge >= 0.3 is 0 Å². The zero-order valence-electron chi connectivity index (χ0n) is 15.0. The average Bonchev–Trinajstić information content (AvgIpc) is 3.01. The minimum absolute atomic E-state index is 0.192. The molecule has 140 valence electrons. The predicted molar refractivity (Wildman–Crippen MR) is 101 cm³/mol. The highest BCUT2D eigenvalue weighted by Gasteiger charge is 2.28. The third kappa shape index (κ3) is 3.03. The Hall–Kier alpha value is -2.94. The molecular weight excluding hydrogens is 366 g/mol. The minimum Gasteiger partial charge on any atom is -0.332 e. The van der Waals surface area contributed by atoms with Crippen molar-refractivity contribution >= 4 is 27.3 Å². The smallest absolute Gasteiger partial charge is 0.257 e. The summed E-state index contributed by atoms with van der Waals surface area (Å²) in [6.45, 7) is 2.65. The summed E-state index contributed by atoms with van der Waals surface area (Å²) < 4.78 is 27.4. The number of hydrogen-bond acceptors (Lipinski definition) is 5. The van der Waals surface area contributed by atoms with Crippen LogP contribution in [0.1, 0.15) is 21.6 Å². The van der Waals surface area contributed by atoms with Gasteiger partial charge in [-0.3, -0.25) is 9.10 Å². The number of carbonyl (C=O) groups excluding carboxylic acids is 1. The van der Waals surface area contributed by atoms with Gasteiger partial charge in [0.25, 0.3) is 5.91 Å². The van der Waals surface area contributed by atoms with Crippen molar-refractivity contribution < 1.29 is 13.2 Å². The topological polar surface area (TPSA) is 87.9 Å². The standard InChI is InChI=1S/C18H19N5O3S/c1-13-15(11-19-17-7-8-20-23(13)17)18(24)21-9-10-22(27(2,25)26)16-6-4-3-5-14(16)12-21/h3-8,11H,9-10,12H2,1-2H3. The van der Waals surface area contributed by atoms with Crippen molar-refractivity contribution in [3.63, 3.8) is 0 Å². The van der Waals surface area contributed by atoms with Crippen LogP contribution >= 0.6 is 0 Å². The number of aryl methyl sites for hydroxylation is 1. The van der Waals surface area contributed by atoms with E-state index in [1.807, 2.05) is 19.1 Å². The van der Waals surface area contributed by atoms with Crippen molar-refractivity contribution in [2.45, 2.75) is 13.5 Å². The molecule has 0 N–H and O–H groups in total. The maximum Gasteiger partial charge on any atom is 0.257 e. The summed E-state index contributed by atoms with van der Waals surface area (Å²) in [5.41, 5.74) is 3.24. The molecule has 0 atom stereocenters. The number of sulfonamides is 1. The summed E-state index contributed by atoms with van der Waals surface area (Å²) in [6.07, 6.45) is 4.37. The molecule has 1 aliphatic rings. The van der Waals surface area contributed by atoms with E-state index in [0.717, 1.165) is 5.56 Å². The largest absolute Gasteiger partial charge is 0.332 e. The van der Waals surface area contributed by atoms with Crippen LogP contribution in [-0.2, 0) is 16.6 Å². The molecule has 0 radical (unpaired) electrons. The SMILES string of the molecule is Cc1c(C(=O)N2CCN(S(C)(=O)=O)c3ccccc3C2)cnc2ccnn12. The molecule has 0 spiro atoms. The Morgan fingerprint density at radius 1 is 1.15 bits per heavy atom. The summed E-state index contributed by atoms with van der Waals surface area (Å²) in [5.74, 6) is -0.192. The van der Waals surface area contributed by atoms with E-state index in [0.29, 0.717) is 29.1 Å². The van der Waals surface area contributed by atoms with Crippen LogP contribution in [0.2, 0.25) is 0 Å². The molecule has 27 heavy (non-hydrogen) atoms. The number of anilines is 1. The zero-order valence-corrected chi connectivity index (χ0v) is 15.8. The Morgan fingerprint density at radius 2 is 1.93 bits per heavy atom. The number of benzene rings is 1. The molecule has 3 heterocycles. The van der Waals surface area contributed by atoms with Gasteiger partial charge in [0.2, 0.25) is 10.0 Å². The second-order valence-corrected chi connectivity index (χ2v) is 8.46. The first-order valence-electron chi connectivity index (χ1n) is 8.50. The normalized spacial score (nSPS) is 14.9. The summed E-state index contributed by atoms with van der Waals surface area (Å²) in [4.78, 5) is 19.1. The van der Waals surface area contributed by atoms with Crippen LogP contribution in [0, 0.1) is 6.92 Å². The lowest BCUT2D eigenvalue weighted by atomic mass is 10.1. The third-order valence-corrected chi connectivity index (χ3v) is 5.95. The summed E-state index contributed by atoms with van der Waals surface area (Å²) in [7, 11) is -3.44. The van der Waals surface area contributed by atoms with Crippen molar-refractivity contribution in [1.82, 2.24) is 19.5 Å². The number of para-hydroxylation sites is 1. The molecule has 1 aliphatic heterocycles. The second kappa shape index (κ2) is 6.34. The van der Waals surface area contributed by atoms with Gasteiger partial charge < -0.3 is 4.90 Å². The molecule has 1 amide bonds. The van der Waals surface area contributed by atoms with Crippen LogP contribution in [0.25, 0.3) is 5.65 Å². The van der Waals surface area contributed by atoms with E-state index in [4.69, 9.17) is 0 Å². The van der Waals surface area contributed by atoms with Crippen molar-refractivity contribution in [2.24, 2.45) is 0 Å². The number of rotatable bonds is 2. The van der Waals surface area contributed by atoms with Crippen molar-refractivity contribution in [2.75, 3.05) is 23.7 Å². The highest BCUT2D eigenvalue weighted by molar-refractivity contribution is 7.92. The molecular formula is C18H19N5O3S. The van der Waals surface area contributed by atoms with Crippen molar-refractivity contribution in [3.05, 3.63) is 59.5 Å². The summed E-state index contributed by atoms with van der Waals surface area (Å²) in [6, 6.07) is 9.03. The highest BCUT2D eigenvalue weighted by atomic mass is 32.2. The van der Waals surface area contributed by atoms with Crippen LogP contribution in [-0.4, -0.2) is 53.2 Å². The van der Waals surface area contributed by atoms with E-state index in [1.54, 1.807) is 40.0 Å². The lowest BCUT2D eigenvalue weighted by Crippen LogP contribution is -2.38. The van der Waals surface area contributed by atoms with Crippen LogP contribution in [0.5, 0.6) is 0 Å². The summed E-state index contributed by atoms with van der Waals surface area (Å²) in [5, 5.41) is 4.20. The van der Waals surface area contributed by atoms with Gasteiger partial charge in [0.05, 0.1) is 35.9 Å². The minimum atomic E-state index is -3.44. The molecule has 4 rings (SSSR count). The Morgan fingerprint density at radius 3 is 2.70 bits per heavy atom. The number of carbonyl (C=O) groups is 1. The third-order valence-electron chi connectivity index (χ3n) is 4.77. The Bertz CT molecular complexity index is 1140. The first kappa shape index (κ1) is 17.5. The molecule has 0 unspecified atom stereocenters. The van der Waals surface area contributed by atoms with Gasteiger partial charge in [-0.1, -0.05) is 18.2 Å². The number of fused-ring (bicyclic) bond motifs is 2. The number of aromatic nitrogens is 3. The monoisotopic (exact) mass is 385 g/mol. The fraction of sp³-hybridized carbons (Fsp3) is 0.278. The fourth-order valence-corrected chi connectivity index (χ4v) is 4.34. The van der Waals surface area contributed by atoms with Gasteiger partial charge in [-0.05, 0) is 18.6 Å². The van der Waals surface area contributed by atoms with Gasteiger partial charge in [-0.25, -0.2) is 17.9 Å². The molecule has 9 heteroatoms. The molecule has 1 aromatic carbocycles. The van der Waals surface area contributed by atoms with E-state index >= 15 is 0 Å². The van der Waals surface area contributed by atoms with E-state index in [2.05, 4.69) is 10.1 Å². The van der Waals surface area contributed by atoms with E-state index in [1.165, 1.54) is 10.6 Å². The van der Waals surface area contributed by atoms with Gasteiger partial charge in [-0.15, -0.1) is 0 Å². The molecule has 0 fully saturated rings. The first-order valence-corrected chi connectivity index (χ1v) is 10.4. The maximum absolute atomic E-state index is 13.2. The quantitative estimate of drug-likeness (QED) is 0.666. The summed E-state index contributed by atoms with van der Waals surface area (Å²) >= 11 is 0. The zero-order chi connectivity index (χ0) is 19.2. The molecule has 0 saturated heterocycles. The fourth-order valence-electron chi connectivity index (χ4n) is 3.39. The van der Waals surface area contributed by atoms with Crippen LogP contribution in [0.4, 0.5) is 5.69 Å². The van der Waals surface area contributed by atoms with Gasteiger partial charge in [0.1, 0.15) is 0 Å². The van der Waals surface area contributed by atoms with Gasteiger partial charge in [0.15, 0.2) is 5.65 Å².